The number of aryl methyl sites for hydroxylation is 1. The van der Waals surface area contributed by atoms with Gasteiger partial charge in [-0.1, -0.05) is 50.2 Å². The number of sulfone groups is 2. The molecule has 5 aromatic rings. The number of hydrogen-bond acceptors (Lipinski definition) is 13. The highest BCUT2D eigenvalue weighted by atomic mass is 32.2. The number of carbonyl (C=O) groups is 2. The van der Waals surface area contributed by atoms with Crippen LogP contribution in [-0.2, 0) is 45.6 Å². The second-order valence-electron chi connectivity index (χ2n) is 19.5. The van der Waals surface area contributed by atoms with E-state index < -0.39 is 68.9 Å². The second kappa shape index (κ2) is 22.5. The van der Waals surface area contributed by atoms with Crippen molar-refractivity contribution in [2.45, 2.75) is 112 Å². The molecule has 5 heterocycles. The van der Waals surface area contributed by atoms with Gasteiger partial charge in [-0.3, -0.25) is 34.3 Å². The van der Waals surface area contributed by atoms with Crippen molar-refractivity contribution in [3.8, 4) is 0 Å². The fourth-order valence-electron chi connectivity index (χ4n) is 10.4. The maximum atomic E-state index is 13.5. The van der Waals surface area contributed by atoms with Gasteiger partial charge in [0.2, 0.25) is 0 Å². The minimum Gasteiger partial charge on any atom is -0.394 e. The van der Waals surface area contributed by atoms with Gasteiger partial charge in [-0.25, -0.2) is 16.8 Å². The van der Waals surface area contributed by atoms with E-state index in [0.717, 1.165) is 40.1 Å². The lowest BCUT2D eigenvalue weighted by atomic mass is 9.81. The van der Waals surface area contributed by atoms with Crippen LogP contribution in [0.2, 0.25) is 0 Å². The largest absolute Gasteiger partial charge is 0.394 e. The van der Waals surface area contributed by atoms with Gasteiger partial charge in [-0.2, -0.15) is 13.2 Å². The zero-order valence-electron chi connectivity index (χ0n) is 41.1. The molecule has 8 rings (SSSR count). The number of aromatic nitrogens is 3. The van der Waals surface area contributed by atoms with E-state index in [0.29, 0.717) is 50.0 Å². The lowest BCUT2D eigenvalue weighted by Crippen LogP contribution is -2.33. The summed E-state index contributed by atoms with van der Waals surface area (Å²) in [5.41, 5.74) is 6.74. The number of benzene rings is 2. The Balaban J connectivity index is 0.820. The third-order valence-electron chi connectivity index (χ3n) is 14.7. The molecule has 390 valence electrons. The summed E-state index contributed by atoms with van der Waals surface area (Å²) in [6, 6.07) is 18.5. The molecule has 0 bridgehead atoms. The predicted molar refractivity (Wildman–Crippen MR) is 267 cm³/mol. The number of hydrogen-bond donors (Lipinski definition) is 4. The number of amides is 2. The van der Waals surface area contributed by atoms with Gasteiger partial charge in [0.05, 0.1) is 92.8 Å². The van der Waals surface area contributed by atoms with Crippen LogP contribution < -0.4 is 10.6 Å². The predicted octanol–water partition coefficient (Wildman–Crippen LogP) is 6.97. The fraction of sp³-hybridized carbons (Fsp3) is 0.453. The van der Waals surface area contributed by atoms with Gasteiger partial charge in [0.1, 0.15) is 0 Å². The van der Waals surface area contributed by atoms with E-state index in [2.05, 4.69) is 35.4 Å². The monoisotopic (exact) mass is 1050 g/mol. The Morgan fingerprint density at radius 3 is 1.85 bits per heavy atom. The van der Waals surface area contributed by atoms with Crippen LogP contribution in [-0.4, -0.2) is 108 Å². The molecule has 2 aliphatic heterocycles. The van der Waals surface area contributed by atoms with E-state index in [1.807, 2.05) is 38.2 Å². The van der Waals surface area contributed by atoms with Gasteiger partial charge in [0.15, 0.2) is 19.7 Å². The molecule has 15 nitrogen and oxygen atoms in total. The zero-order valence-corrected chi connectivity index (χ0v) is 42.7. The Morgan fingerprint density at radius 2 is 1.29 bits per heavy atom. The summed E-state index contributed by atoms with van der Waals surface area (Å²) in [6.45, 7) is 4.46. The quantitative estimate of drug-likeness (QED) is 0.0659. The number of aliphatic hydroxyl groups is 2. The third kappa shape index (κ3) is 12.3. The van der Waals surface area contributed by atoms with Crippen molar-refractivity contribution >= 4 is 31.5 Å². The van der Waals surface area contributed by atoms with Gasteiger partial charge in [-0.15, -0.1) is 0 Å². The van der Waals surface area contributed by atoms with Crippen LogP contribution in [0.4, 0.5) is 13.2 Å². The molecule has 3 aromatic heterocycles. The molecule has 1 saturated carbocycles. The third-order valence-corrected chi connectivity index (χ3v) is 18.1. The van der Waals surface area contributed by atoms with Crippen LogP contribution in [0.3, 0.4) is 0 Å². The van der Waals surface area contributed by atoms with Gasteiger partial charge in [0, 0.05) is 38.2 Å². The highest BCUT2D eigenvalue weighted by Crippen LogP contribution is 2.42. The molecule has 20 heteroatoms. The molecule has 4 N–H and O–H groups in total. The highest BCUT2D eigenvalue weighted by Gasteiger charge is 2.42. The zero-order chi connectivity index (χ0) is 52.2. The van der Waals surface area contributed by atoms with Crippen molar-refractivity contribution in [1.82, 2.24) is 35.4 Å². The van der Waals surface area contributed by atoms with E-state index in [1.54, 1.807) is 31.2 Å². The van der Waals surface area contributed by atoms with Crippen LogP contribution in [0, 0.1) is 11.8 Å². The molecule has 1 fully saturated rings. The van der Waals surface area contributed by atoms with Crippen molar-refractivity contribution in [3.63, 3.8) is 0 Å². The number of halogens is 3. The lowest BCUT2D eigenvalue weighted by Gasteiger charge is -2.33. The van der Waals surface area contributed by atoms with Crippen molar-refractivity contribution in [2.24, 2.45) is 11.8 Å². The van der Waals surface area contributed by atoms with E-state index in [9.17, 15) is 49.8 Å². The number of carbonyl (C=O) groups excluding carboxylic acids is 2. The Hall–Kier alpha value is -5.64. The first-order valence-corrected chi connectivity index (χ1v) is 28.0. The standard InChI is InChI=1S/C53H62F3N7O8S2/c1-4-47-49-40(30-63(47)28-35-10-14-41(15-11-35)53(54,55)56)24-38(25-58-49)52(67)61-46(32-65)44-19-18-43(27-57-44)73(70,71)21-20-33-6-8-34(9-7-33)22-48-50-39(29-62(48)3)23-37(26-59-50)51(66)60-45(31-64)36-12-16-42(17-13-36)72(68,69)5-2/h6-9,12-13,16-19,23-27,35,41,45-48,64-65H,4-5,10-11,14-15,20-22,28-32H2,1-3H3,(H,60,66)(H,61,67)/t35?,41?,45-,46-,47-,48+/m0/s1. The molecule has 2 amide bonds. The Bertz CT molecular complexity index is 2990. The maximum absolute atomic E-state index is 13.5. The fourth-order valence-corrected chi connectivity index (χ4v) is 12.5. The summed E-state index contributed by atoms with van der Waals surface area (Å²) in [5.74, 6) is -2.21. The van der Waals surface area contributed by atoms with Crippen LogP contribution in [0.5, 0.6) is 0 Å². The molecule has 3 aliphatic rings. The maximum Gasteiger partial charge on any atom is 0.391 e. The topological polar surface area (TPSA) is 212 Å². The van der Waals surface area contributed by atoms with E-state index >= 15 is 0 Å². The first-order valence-electron chi connectivity index (χ1n) is 24.7. The number of pyridine rings is 3. The number of aliphatic hydroxyl groups excluding tert-OH is 2. The molecule has 0 unspecified atom stereocenters. The minimum absolute atomic E-state index is 0.00230. The van der Waals surface area contributed by atoms with E-state index in [1.165, 1.54) is 42.9 Å². The second-order valence-corrected chi connectivity index (χ2v) is 23.9. The average molecular weight is 1050 g/mol. The molecule has 0 saturated heterocycles. The first-order chi connectivity index (χ1) is 34.8. The molecule has 2 aromatic carbocycles. The summed E-state index contributed by atoms with van der Waals surface area (Å²) < 4.78 is 91.1. The number of fused-ring (bicyclic) bond motifs is 2. The number of nitrogens with one attached hydrogen (secondary N) is 2. The Kier molecular flexibility index (Phi) is 16.5. The van der Waals surface area contributed by atoms with Crippen molar-refractivity contribution in [2.75, 3.05) is 38.3 Å². The molecule has 73 heavy (non-hydrogen) atoms. The highest BCUT2D eigenvalue weighted by molar-refractivity contribution is 7.91. The van der Waals surface area contributed by atoms with Gasteiger partial charge in [0.25, 0.3) is 11.8 Å². The lowest BCUT2D eigenvalue weighted by molar-refractivity contribution is -0.184. The number of rotatable bonds is 19. The molecule has 0 radical (unpaired) electrons. The Labute approximate surface area is 424 Å². The van der Waals surface area contributed by atoms with Gasteiger partial charge in [-0.05, 0) is 122 Å². The van der Waals surface area contributed by atoms with Gasteiger partial charge < -0.3 is 20.8 Å². The smallest absolute Gasteiger partial charge is 0.391 e. The van der Waals surface area contributed by atoms with E-state index in [-0.39, 0.29) is 69.8 Å². The Morgan fingerprint density at radius 1 is 0.712 bits per heavy atom. The van der Waals surface area contributed by atoms with Crippen LogP contribution in [0.15, 0.2) is 101 Å². The number of likely N-dealkylation sites (N-methyl/N-ethyl adjacent to an activating group) is 1. The molecular formula is C53H62F3N7O8S2. The minimum atomic E-state index is -4.15. The van der Waals surface area contributed by atoms with Crippen molar-refractivity contribution in [3.05, 3.63) is 147 Å². The summed E-state index contributed by atoms with van der Waals surface area (Å²) in [5, 5.41) is 25.9. The van der Waals surface area contributed by atoms with Gasteiger partial charge >= 0.3 is 6.18 Å². The first kappa shape index (κ1) is 53.6. The van der Waals surface area contributed by atoms with Crippen molar-refractivity contribution < 1.29 is 49.8 Å². The number of alkyl halides is 3. The average Bonchev–Trinajstić information content (AvgIpc) is 3.90. The van der Waals surface area contributed by atoms with Crippen LogP contribution in [0.25, 0.3) is 0 Å². The summed E-state index contributed by atoms with van der Waals surface area (Å²) in [4.78, 5) is 45.0. The normalized spacial score (nSPS) is 20.3. The SMILES string of the molecule is CC[C@H]1c2ncc(C(=O)N[C@@H](CO)c3ccc(S(=O)(=O)CCc4ccc(C[C@@H]5c6ncc(C(=O)N[C@@H](CO)c7ccc(S(=O)(=O)CC)cc7)cc6CN5C)cc4)cn3)cc2CN1CC1CCC(C(F)(F)F)CC1. The number of nitrogens with zero attached hydrogens (tertiary/aromatic N) is 5. The molecular weight excluding hydrogens is 984 g/mol. The van der Waals surface area contributed by atoms with Crippen LogP contribution >= 0.6 is 0 Å². The van der Waals surface area contributed by atoms with E-state index in [4.69, 9.17) is 0 Å². The van der Waals surface area contributed by atoms with Crippen LogP contribution in [0.1, 0.15) is 136 Å². The van der Waals surface area contributed by atoms with Crippen molar-refractivity contribution in [1.29, 1.82) is 0 Å². The summed E-state index contributed by atoms with van der Waals surface area (Å²) in [6.07, 6.45) is 3.03. The summed E-state index contributed by atoms with van der Waals surface area (Å²) in [7, 11) is -5.18. The molecule has 1 aliphatic carbocycles. The molecule has 0 spiro atoms. The molecule has 4 atom stereocenters. The summed E-state index contributed by atoms with van der Waals surface area (Å²) >= 11 is 0.